The molecule has 0 aliphatic carbocycles. The number of hydrogen-bond acceptors (Lipinski definition) is 0. The zero-order chi connectivity index (χ0) is 11.1. The second-order valence-corrected chi connectivity index (χ2v) is 4.36. The van der Waals surface area contributed by atoms with Crippen molar-refractivity contribution in [1.29, 1.82) is 0 Å². The van der Waals surface area contributed by atoms with Crippen molar-refractivity contribution in [2.75, 3.05) is 0 Å². The summed E-state index contributed by atoms with van der Waals surface area (Å²) in [5, 5.41) is 3.32. The van der Waals surface area contributed by atoms with Crippen molar-refractivity contribution in [2.45, 2.75) is 13.5 Å². The Morgan fingerprint density at radius 2 is 1.75 bits per heavy atom. The number of aromatic nitrogens is 1. The fourth-order valence-corrected chi connectivity index (χ4v) is 2.54. The molecule has 0 aliphatic heterocycles. The van der Waals surface area contributed by atoms with Crippen LogP contribution in [0.5, 0.6) is 0 Å². The van der Waals surface area contributed by atoms with Crippen molar-refractivity contribution in [3.05, 3.63) is 47.5 Å². The number of para-hydroxylation sites is 1. The average molecular weight is 230 g/mol. The van der Waals surface area contributed by atoms with E-state index in [4.69, 9.17) is 11.6 Å². The molecule has 80 valence electrons. The lowest BCUT2D eigenvalue weighted by molar-refractivity contribution is 0.827. The summed E-state index contributed by atoms with van der Waals surface area (Å²) in [7, 11) is 0. The molecule has 0 amide bonds. The van der Waals surface area contributed by atoms with Crippen LogP contribution in [0.3, 0.4) is 0 Å². The largest absolute Gasteiger partial charge is 0.341 e. The van der Waals surface area contributed by atoms with Gasteiger partial charge in [0.15, 0.2) is 0 Å². The molecule has 0 atom stereocenters. The van der Waals surface area contributed by atoms with Crippen LogP contribution in [-0.4, -0.2) is 4.57 Å². The summed E-state index contributed by atoms with van der Waals surface area (Å²) in [6.45, 7) is 3.14. The number of aryl methyl sites for hydroxylation is 1. The Balaban J connectivity index is 2.59. The molecule has 0 saturated carbocycles. The van der Waals surface area contributed by atoms with Gasteiger partial charge in [-0.05, 0) is 31.2 Å². The molecular formula is C14H12ClN. The van der Waals surface area contributed by atoms with E-state index < -0.39 is 0 Å². The van der Waals surface area contributed by atoms with Crippen LogP contribution in [0.2, 0.25) is 5.02 Å². The van der Waals surface area contributed by atoms with Crippen LogP contribution < -0.4 is 0 Å². The maximum atomic E-state index is 6.06. The summed E-state index contributed by atoms with van der Waals surface area (Å²) < 4.78 is 2.32. The highest BCUT2D eigenvalue weighted by Gasteiger charge is 2.08. The predicted molar refractivity (Wildman–Crippen MR) is 70.1 cm³/mol. The van der Waals surface area contributed by atoms with Gasteiger partial charge in [0.1, 0.15) is 0 Å². The monoisotopic (exact) mass is 229 g/mol. The van der Waals surface area contributed by atoms with E-state index in [1.165, 1.54) is 21.8 Å². The quantitative estimate of drug-likeness (QED) is 0.580. The highest BCUT2D eigenvalue weighted by Crippen LogP contribution is 2.30. The van der Waals surface area contributed by atoms with Crippen LogP contribution in [0, 0.1) is 0 Å². The Labute approximate surface area is 99.2 Å². The Bertz CT molecular complexity index is 667. The summed E-state index contributed by atoms with van der Waals surface area (Å²) in [6.07, 6.45) is 0. The first kappa shape index (κ1) is 9.73. The SMILES string of the molecule is CCn1c2ccccc2c2cc(Cl)ccc21. The van der Waals surface area contributed by atoms with Gasteiger partial charge in [-0.1, -0.05) is 29.8 Å². The van der Waals surface area contributed by atoms with Crippen LogP contribution >= 0.6 is 11.6 Å². The van der Waals surface area contributed by atoms with Crippen molar-refractivity contribution in [2.24, 2.45) is 0 Å². The van der Waals surface area contributed by atoms with E-state index in [-0.39, 0.29) is 0 Å². The number of nitrogens with zero attached hydrogens (tertiary/aromatic N) is 1. The van der Waals surface area contributed by atoms with Gasteiger partial charge in [-0.15, -0.1) is 0 Å². The number of halogens is 1. The molecule has 0 radical (unpaired) electrons. The Hall–Kier alpha value is -1.47. The first-order chi connectivity index (χ1) is 7.81. The molecule has 3 aromatic rings. The zero-order valence-electron chi connectivity index (χ0n) is 9.07. The van der Waals surface area contributed by atoms with Gasteiger partial charge in [0.25, 0.3) is 0 Å². The molecule has 3 rings (SSSR count). The Kier molecular flexibility index (Phi) is 2.15. The zero-order valence-corrected chi connectivity index (χ0v) is 9.83. The predicted octanol–water partition coefficient (Wildman–Crippen LogP) is 4.47. The standard InChI is InChI=1S/C14H12ClN/c1-2-16-13-6-4-3-5-11(13)12-9-10(15)7-8-14(12)16/h3-9H,2H2,1H3. The topological polar surface area (TPSA) is 4.93 Å². The lowest BCUT2D eigenvalue weighted by atomic mass is 10.2. The van der Waals surface area contributed by atoms with Crippen molar-refractivity contribution < 1.29 is 0 Å². The minimum atomic E-state index is 0.798. The van der Waals surface area contributed by atoms with Crippen LogP contribution in [0.1, 0.15) is 6.92 Å². The molecule has 16 heavy (non-hydrogen) atoms. The first-order valence-corrected chi connectivity index (χ1v) is 5.85. The summed E-state index contributed by atoms with van der Waals surface area (Å²) in [5.41, 5.74) is 2.54. The van der Waals surface area contributed by atoms with Gasteiger partial charge in [-0.2, -0.15) is 0 Å². The van der Waals surface area contributed by atoms with Gasteiger partial charge in [-0.25, -0.2) is 0 Å². The van der Waals surface area contributed by atoms with E-state index in [0.717, 1.165) is 11.6 Å². The highest BCUT2D eigenvalue weighted by molar-refractivity contribution is 6.31. The summed E-state index contributed by atoms with van der Waals surface area (Å²) in [6, 6.07) is 14.6. The van der Waals surface area contributed by atoms with Gasteiger partial charge in [0, 0.05) is 33.4 Å². The van der Waals surface area contributed by atoms with Crippen molar-refractivity contribution in [1.82, 2.24) is 4.57 Å². The first-order valence-electron chi connectivity index (χ1n) is 5.47. The molecule has 0 saturated heterocycles. The molecular weight excluding hydrogens is 218 g/mol. The molecule has 0 spiro atoms. The summed E-state index contributed by atoms with van der Waals surface area (Å²) in [5.74, 6) is 0. The van der Waals surface area contributed by atoms with Gasteiger partial charge in [-0.3, -0.25) is 0 Å². The normalized spacial score (nSPS) is 11.4. The van der Waals surface area contributed by atoms with Crippen LogP contribution in [0.25, 0.3) is 21.8 Å². The lowest BCUT2D eigenvalue weighted by Crippen LogP contribution is -1.92. The molecule has 0 aliphatic rings. The van der Waals surface area contributed by atoms with E-state index in [9.17, 15) is 0 Å². The second-order valence-electron chi connectivity index (χ2n) is 3.92. The minimum Gasteiger partial charge on any atom is -0.341 e. The minimum absolute atomic E-state index is 0.798. The number of fused-ring (bicyclic) bond motifs is 3. The lowest BCUT2D eigenvalue weighted by Gasteiger charge is -2.02. The van der Waals surface area contributed by atoms with E-state index in [1.54, 1.807) is 0 Å². The van der Waals surface area contributed by atoms with E-state index >= 15 is 0 Å². The van der Waals surface area contributed by atoms with Gasteiger partial charge in [0.2, 0.25) is 0 Å². The highest BCUT2D eigenvalue weighted by atomic mass is 35.5. The second kappa shape index (κ2) is 3.53. The maximum Gasteiger partial charge on any atom is 0.0492 e. The van der Waals surface area contributed by atoms with Crippen molar-refractivity contribution in [3.8, 4) is 0 Å². The van der Waals surface area contributed by atoms with E-state index in [2.05, 4.69) is 41.8 Å². The fraction of sp³-hybridized carbons (Fsp3) is 0.143. The van der Waals surface area contributed by atoms with Gasteiger partial charge >= 0.3 is 0 Å². The van der Waals surface area contributed by atoms with E-state index in [0.29, 0.717) is 0 Å². The van der Waals surface area contributed by atoms with Crippen LogP contribution in [0.15, 0.2) is 42.5 Å². The number of benzene rings is 2. The maximum absolute atomic E-state index is 6.06. The Morgan fingerprint density at radius 3 is 2.56 bits per heavy atom. The third-order valence-electron chi connectivity index (χ3n) is 3.05. The number of hydrogen-bond donors (Lipinski definition) is 0. The molecule has 1 heterocycles. The smallest absolute Gasteiger partial charge is 0.0492 e. The molecule has 1 aromatic heterocycles. The third kappa shape index (κ3) is 1.25. The van der Waals surface area contributed by atoms with Crippen molar-refractivity contribution >= 4 is 33.4 Å². The summed E-state index contributed by atoms with van der Waals surface area (Å²) in [4.78, 5) is 0. The molecule has 0 unspecified atom stereocenters. The summed E-state index contributed by atoms with van der Waals surface area (Å²) >= 11 is 6.06. The van der Waals surface area contributed by atoms with Crippen LogP contribution in [0.4, 0.5) is 0 Å². The fourth-order valence-electron chi connectivity index (χ4n) is 2.37. The average Bonchev–Trinajstić information content (AvgIpc) is 2.62. The molecule has 0 bridgehead atoms. The van der Waals surface area contributed by atoms with Crippen LogP contribution in [-0.2, 0) is 6.54 Å². The van der Waals surface area contributed by atoms with Gasteiger partial charge < -0.3 is 4.57 Å². The molecule has 0 N–H and O–H groups in total. The Morgan fingerprint density at radius 1 is 1.00 bits per heavy atom. The molecule has 1 nitrogen and oxygen atoms in total. The molecule has 2 heteroatoms. The van der Waals surface area contributed by atoms with Gasteiger partial charge in [0.05, 0.1) is 0 Å². The number of rotatable bonds is 1. The van der Waals surface area contributed by atoms with E-state index in [1.807, 2.05) is 12.1 Å². The molecule has 2 aromatic carbocycles. The van der Waals surface area contributed by atoms with Crippen molar-refractivity contribution in [3.63, 3.8) is 0 Å². The molecule has 0 fully saturated rings. The third-order valence-corrected chi connectivity index (χ3v) is 3.29.